The Labute approximate surface area is 109 Å². The summed E-state index contributed by atoms with van der Waals surface area (Å²) in [4.78, 5) is 25.8. The fraction of sp³-hybridized carbons (Fsp3) is 0.143. The number of benzene rings is 1. The van der Waals surface area contributed by atoms with Crippen LogP contribution in [0.1, 0.15) is 28.9 Å². The summed E-state index contributed by atoms with van der Waals surface area (Å²) >= 11 is 0. The predicted molar refractivity (Wildman–Crippen MR) is 69.3 cm³/mol. The number of aromatic nitrogens is 1. The second-order valence-electron chi connectivity index (χ2n) is 4.13. The van der Waals surface area contributed by atoms with Crippen molar-refractivity contribution >= 4 is 5.91 Å². The lowest BCUT2D eigenvalue weighted by atomic mass is 10.1. The maximum absolute atomic E-state index is 13.6. The molecule has 4 nitrogen and oxygen atoms in total. The summed E-state index contributed by atoms with van der Waals surface area (Å²) in [7, 11) is 0. The molecule has 2 rings (SSSR count). The molecule has 0 aliphatic rings. The number of halogens is 1. The van der Waals surface area contributed by atoms with Gasteiger partial charge >= 0.3 is 0 Å². The van der Waals surface area contributed by atoms with Gasteiger partial charge in [-0.3, -0.25) is 9.59 Å². The summed E-state index contributed by atoms with van der Waals surface area (Å²) in [5.74, 6) is -0.921. The largest absolute Gasteiger partial charge is 0.345 e. The van der Waals surface area contributed by atoms with Gasteiger partial charge in [-0.05, 0) is 25.1 Å². The van der Waals surface area contributed by atoms with Gasteiger partial charge in [0.15, 0.2) is 0 Å². The lowest BCUT2D eigenvalue weighted by Crippen LogP contribution is -2.31. The zero-order chi connectivity index (χ0) is 13.8. The van der Waals surface area contributed by atoms with Crippen molar-refractivity contribution in [2.24, 2.45) is 0 Å². The summed E-state index contributed by atoms with van der Waals surface area (Å²) in [5.41, 5.74) is -0.0883. The zero-order valence-electron chi connectivity index (χ0n) is 10.3. The normalized spacial score (nSPS) is 11.9. The Morgan fingerprint density at radius 2 is 2.00 bits per heavy atom. The second kappa shape index (κ2) is 5.48. The van der Waals surface area contributed by atoms with Gasteiger partial charge in [0.2, 0.25) is 0 Å². The molecule has 0 radical (unpaired) electrons. The third-order valence-electron chi connectivity index (χ3n) is 2.78. The highest BCUT2D eigenvalue weighted by Crippen LogP contribution is 2.16. The van der Waals surface area contributed by atoms with Gasteiger partial charge in [-0.25, -0.2) is 4.39 Å². The quantitative estimate of drug-likeness (QED) is 0.886. The van der Waals surface area contributed by atoms with E-state index in [2.05, 4.69) is 10.3 Å². The molecule has 1 aromatic heterocycles. The van der Waals surface area contributed by atoms with Crippen LogP contribution in [0.15, 0.2) is 47.4 Å². The molecular weight excluding hydrogens is 247 g/mol. The van der Waals surface area contributed by atoms with E-state index in [9.17, 15) is 14.0 Å². The molecule has 1 aromatic carbocycles. The SMILES string of the molecule is C[C@H](NC(=O)c1ccc[nH]c1=O)c1ccccc1F. The number of H-pyrrole nitrogens is 1. The third kappa shape index (κ3) is 2.88. The first-order valence-corrected chi connectivity index (χ1v) is 5.82. The van der Waals surface area contributed by atoms with Gasteiger partial charge in [0.1, 0.15) is 11.4 Å². The summed E-state index contributed by atoms with van der Waals surface area (Å²) in [5, 5.41) is 2.60. The van der Waals surface area contributed by atoms with E-state index in [4.69, 9.17) is 0 Å². The van der Waals surface area contributed by atoms with Gasteiger partial charge in [-0.2, -0.15) is 0 Å². The minimum absolute atomic E-state index is 0.00527. The van der Waals surface area contributed by atoms with E-state index in [1.165, 1.54) is 18.3 Å². The highest BCUT2D eigenvalue weighted by molar-refractivity contribution is 5.93. The Bertz CT molecular complexity index is 652. The Morgan fingerprint density at radius 3 is 2.68 bits per heavy atom. The summed E-state index contributed by atoms with van der Waals surface area (Å²) in [6.07, 6.45) is 1.44. The van der Waals surface area contributed by atoms with Gasteiger partial charge in [-0.1, -0.05) is 18.2 Å². The number of amides is 1. The van der Waals surface area contributed by atoms with Crippen LogP contribution < -0.4 is 10.9 Å². The van der Waals surface area contributed by atoms with Crippen LogP contribution in [0.4, 0.5) is 4.39 Å². The minimum Gasteiger partial charge on any atom is -0.345 e. The van der Waals surface area contributed by atoms with E-state index in [1.54, 1.807) is 31.2 Å². The maximum atomic E-state index is 13.6. The van der Waals surface area contributed by atoms with Crippen molar-refractivity contribution in [1.82, 2.24) is 10.3 Å². The molecule has 2 aromatic rings. The lowest BCUT2D eigenvalue weighted by Gasteiger charge is -2.14. The van der Waals surface area contributed by atoms with Crippen LogP contribution in [0.5, 0.6) is 0 Å². The van der Waals surface area contributed by atoms with E-state index in [0.29, 0.717) is 5.56 Å². The highest BCUT2D eigenvalue weighted by atomic mass is 19.1. The molecule has 5 heteroatoms. The molecule has 0 fully saturated rings. The molecule has 0 aliphatic heterocycles. The minimum atomic E-state index is -0.530. The number of hydrogen-bond acceptors (Lipinski definition) is 2. The van der Waals surface area contributed by atoms with Crippen LogP contribution in [0, 0.1) is 5.82 Å². The summed E-state index contributed by atoms with van der Waals surface area (Å²) in [6.45, 7) is 1.66. The fourth-order valence-electron chi connectivity index (χ4n) is 1.78. The van der Waals surface area contributed by atoms with Crippen molar-refractivity contribution < 1.29 is 9.18 Å². The van der Waals surface area contributed by atoms with Crippen LogP contribution in [0.25, 0.3) is 0 Å². The number of carbonyl (C=O) groups excluding carboxylic acids is 1. The van der Waals surface area contributed by atoms with E-state index in [0.717, 1.165) is 0 Å². The topological polar surface area (TPSA) is 62.0 Å². The molecule has 0 saturated heterocycles. The smallest absolute Gasteiger partial charge is 0.260 e. The summed E-state index contributed by atoms with van der Waals surface area (Å²) < 4.78 is 13.6. The molecule has 0 bridgehead atoms. The first-order chi connectivity index (χ1) is 9.09. The van der Waals surface area contributed by atoms with E-state index in [1.807, 2.05) is 0 Å². The standard InChI is InChI=1S/C14H13FN2O2/c1-9(10-5-2-3-7-12(10)15)17-14(19)11-6-4-8-16-13(11)18/h2-9H,1H3,(H,16,18)(H,17,19)/t9-/m0/s1. The third-order valence-corrected chi connectivity index (χ3v) is 2.78. The van der Waals surface area contributed by atoms with Crippen LogP contribution in [-0.4, -0.2) is 10.9 Å². The Balaban J connectivity index is 2.18. The maximum Gasteiger partial charge on any atom is 0.260 e. The number of hydrogen-bond donors (Lipinski definition) is 2. The van der Waals surface area contributed by atoms with Crippen LogP contribution in [0.2, 0.25) is 0 Å². The first kappa shape index (κ1) is 13.0. The molecule has 1 amide bonds. The van der Waals surface area contributed by atoms with Crippen LogP contribution in [0.3, 0.4) is 0 Å². The van der Waals surface area contributed by atoms with E-state index in [-0.39, 0.29) is 5.56 Å². The van der Waals surface area contributed by atoms with Crippen molar-refractivity contribution in [1.29, 1.82) is 0 Å². The van der Waals surface area contributed by atoms with Crippen molar-refractivity contribution in [2.45, 2.75) is 13.0 Å². The molecule has 98 valence electrons. The van der Waals surface area contributed by atoms with Gasteiger partial charge in [0, 0.05) is 11.8 Å². The number of pyridine rings is 1. The molecule has 0 saturated carbocycles. The Kier molecular flexibility index (Phi) is 3.75. The van der Waals surface area contributed by atoms with Crippen molar-refractivity contribution in [3.63, 3.8) is 0 Å². The van der Waals surface area contributed by atoms with E-state index < -0.39 is 23.3 Å². The molecule has 0 spiro atoms. The average Bonchev–Trinajstić information content (AvgIpc) is 2.39. The molecule has 19 heavy (non-hydrogen) atoms. The van der Waals surface area contributed by atoms with Gasteiger partial charge in [0.25, 0.3) is 11.5 Å². The van der Waals surface area contributed by atoms with Gasteiger partial charge in [-0.15, -0.1) is 0 Å². The first-order valence-electron chi connectivity index (χ1n) is 5.82. The lowest BCUT2D eigenvalue weighted by molar-refractivity contribution is 0.0938. The number of rotatable bonds is 3. The number of nitrogens with one attached hydrogen (secondary N) is 2. The number of aromatic amines is 1. The van der Waals surface area contributed by atoms with Gasteiger partial charge in [0.05, 0.1) is 6.04 Å². The molecule has 2 N–H and O–H groups in total. The van der Waals surface area contributed by atoms with Crippen LogP contribution in [-0.2, 0) is 0 Å². The van der Waals surface area contributed by atoms with Crippen molar-refractivity contribution in [2.75, 3.05) is 0 Å². The second-order valence-corrected chi connectivity index (χ2v) is 4.13. The highest BCUT2D eigenvalue weighted by Gasteiger charge is 2.15. The molecule has 0 unspecified atom stereocenters. The zero-order valence-corrected chi connectivity index (χ0v) is 10.3. The average molecular weight is 260 g/mol. The Morgan fingerprint density at radius 1 is 1.26 bits per heavy atom. The monoisotopic (exact) mass is 260 g/mol. The molecular formula is C14H13FN2O2. The van der Waals surface area contributed by atoms with Crippen molar-refractivity contribution in [3.8, 4) is 0 Å². The molecule has 0 aliphatic carbocycles. The molecule has 1 heterocycles. The molecule has 1 atom stereocenters. The summed E-state index contributed by atoms with van der Waals surface area (Å²) in [6, 6.07) is 8.65. The fourth-order valence-corrected chi connectivity index (χ4v) is 1.78. The van der Waals surface area contributed by atoms with Crippen molar-refractivity contribution in [3.05, 3.63) is 69.9 Å². The van der Waals surface area contributed by atoms with Crippen LogP contribution >= 0.6 is 0 Å². The van der Waals surface area contributed by atoms with Gasteiger partial charge < -0.3 is 10.3 Å². The number of carbonyl (C=O) groups is 1. The Hall–Kier alpha value is -2.43. The predicted octanol–water partition coefficient (Wildman–Crippen LogP) is 2.00. The van der Waals surface area contributed by atoms with E-state index >= 15 is 0 Å².